The number of rotatable bonds is 33. The Morgan fingerprint density at radius 1 is 0.400 bits per heavy atom. The maximum atomic E-state index is 13.2. The van der Waals surface area contributed by atoms with Crippen molar-refractivity contribution in [2.45, 2.75) is 214 Å². The zero-order valence-corrected chi connectivity index (χ0v) is 35.8. The molecule has 55 heavy (non-hydrogen) atoms. The molecule has 0 N–H and O–H groups in total. The summed E-state index contributed by atoms with van der Waals surface area (Å²) in [6, 6.07) is 16.0. The van der Waals surface area contributed by atoms with Crippen LogP contribution < -0.4 is 0 Å². The molecule has 0 amide bonds. The number of allylic oxidation sites excluding steroid dienone is 2. The van der Waals surface area contributed by atoms with Crippen molar-refractivity contribution < 1.29 is 14.3 Å². The molecule has 2 aromatic carbocycles. The quantitative estimate of drug-likeness (QED) is 0.0414. The van der Waals surface area contributed by atoms with Gasteiger partial charge in [0.2, 0.25) is 11.4 Å². The van der Waals surface area contributed by atoms with Gasteiger partial charge in [0.1, 0.15) is 0 Å². The average Bonchev–Trinajstić information content (AvgIpc) is 3.48. The van der Waals surface area contributed by atoms with Gasteiger partial charge in [-0.05, 0) is 62.8 Å². The van der Waals surface area contributed by atoms with E-state index in [1.165, 1.54) is 125 Å². The summed E-state index contributed by atoms with van der Waals surface area (Å²) in [6.45, 7) is 8.99. The number of Topliss-reactive ketones (excluding diaryl/α,β-unsaturated/α-hetero) is 2. The summed E-state index contributed by atoms with van der Waals surface area (Å²) in [5.41, 5.74) is 19.6. The molecule has 304 valence electrons. The lowest BCUT2D eigenvalue weighted by atomic mass is 9.91. The van der Waals surface area contributed by atoms with Crippen LogP contribution in [0.25, 0.3) is 16.9 Å². The number of carbonyl (C=O) groups is 2. The molecule has 0 fully saturated rings. The molecule has 4 nitrogen and oxygen atoms in total. The van der Waals surface area contributed by atoms with Crippen LogP contribution in [0.1, 0.15) is 246 Å². The molecule has 0 spiro atoms. The predicted octanol–water partition coefficient (Wildman–Crippen LogP) is 16.6. The molecule has 0 unspecified atom stereocenters. The van der Waals surface area contributed by atoms with Crippen molar-refractivity contribution in [3.8, 4) is 0 Å². The number of hydrogen-bond acceptors (Lipinski definition) is 2. The molecule has 1 aliphatic heterocycles. The van der Waals surface area contributed by atoms with E-state index in [1.54, 1.807) is 0 Å². The lowest BCUT2D eigenvalue weighted by Gasteiger charge is -2.11. The highest BCUT2D eigenvalue weighted by Gasteiger charge is 2.35. The molecular formula is C51H78N2O2. The minimum atomic E-state index is 0.210. The summed E-state index contributed by atoms with van der Waals surface area (Å²) in [6.07, 6.45) is 33.4. The van der Waals surface area contributed by atoms with Crippen LogP contribution in [0, 0.1) is 0 Å². The van der Waals surface area contributed by atoms with Gasteiger partial charge in [0.25, 0.3) is 0 Å². The molecular weight excluding hydrogens is 673 g/mol. The van der Waals surface area contributed by atoms with E-state index in [-0.39, 0.29) is 11.6 Å². The summed E-state index contributed by atoms with van der Waals surface area (Å²) >= 11 is 0. The topological polar surface area (TPSA) is 59.5 Å². The summed E-state index contributed by atoms with van der Waals surface area (Å²) in [4.78, 5) is 26.3. The third-order valence-corrected chi connectivity index (χ3v) is 11.6. The number of unbranched alkanes of at least 4 members (excludes halogenated alkanes) is 21. The van der Waals surface area contributed by atoms with E-state index >= 15 is 0 Å². The van der Waals surface area contributed by atoms with Crippen molar-refractivity contribution >= 4 is 23.0 Å². The van der Waals surface area contributed by atoms with E-state index in [0.717, 1.165) is 97.9 Å². The molecule has 0 saturated heterocycles. The number of carbonyl (C=O) groups excluding carboxylic acids is 2. The first-order chi connectivity index (χ1) is 27.0. The van der Waals surface area contributed by atoms with Crippen LogP contribution in [0.3, 0.4) is 0 Å². The van der Waals surface area contributed by atoms with E-state index < -0.39 is 0 Å². The SMILES string of the molecule is CCCCCCCCCCCC(=O)c1ccc(C2=C(CCCCC)C(CCCCCC)=C(c3ccc(C(=O)CCCCCCCCCCC)cc3)[N+]2=[N-])cc1. The fourth-order valence-electron chi connectivity index (χ4n) is 8.17. The van der Waals surface area contributed by atoms with Gasteiger partial charge in [0.05, 0.1) is 0 Å². The second-order valence-corrected chi connectivity index (χ2v) is 16.4. The molecule has 1 aliphatic rings. The largest absolute Gasteiger partial charge is 0.493 e. The van der Waals surface area contributed by atoms with Crippen molar-refractivity contribution in [3.05, 3.63) is 87.5 Å². The van der Waals surface area contributed by atoms with Crippen molar-refractivity contribution in [3.63, 3.8) is 0 Å². The lowest BCUT2D eigenvalue weighted by molar-refractivity contribution is -0.345. The van der Waals surface area contributed by atoms with Crippen LogP contribution >= 0.6 is 0 Å². The maximum Gasteiger partial charge on any atom is 0.211 e. The Balaban J connectivity index is 1.72. The van der Waals surface area contributed by atoms with Crippen LogP contribution in [-0.4, -0.2) is 16.3 Å². The molecule has 0 radical (unpaired) electrons. The van der Waals surface area contributed by atoms with E-state index in [0.29, 0.717) is 12.8 Å². The number of nitrogens with zero attached hydrogens (tertiary/aromatic N) is 2. The van der Waals surface area contributed by atoms with Gasteiger partial charge in [0, 0.05) is 46.2 Å². The Morgan fingerprint density at radius 2 is 0.673 bits per heavy atom. The minimum absolute atomic E-state index is 0.210. The average molecular weight is 751 g/mol. The summed E-state index contributed by atoms with van der Waals surface area (Å²) in [7, 11) is 0. The molecule has 1 heterocycles. The van der Waals surface area contributed by atoms with E-state index in [9.17, 15) is 15.1 Å². The van der Waals surface area contributed by atoms with Crippen molar-refractivity contribution in [2.24, 2.45) is 0 Å². The van der Waals surface area contributed by atoms with Gasteiger partial charge in [-0.15, -0.1) is 0 Å². The summed E-state index contributed by atoms with van der Waals surface area (Å²) in [5, 5.41) is 0. The highest BCUT2D eigenvalue weighted by Crippen LogP contribution is 2.44. The van der Waals surface area contributed by atoms with Crippen LogP contribution in [0.4, 0.5) is 0 Å². The molecule has 0 aromatic heterocycles. The summed E-state index contributed by atoms with van der Waals surface area (Å²) in [5.74, 6) is 0.420. The molecule has 0 saturated carbocycles. The first-order valence-electron chi connectivity index (χ1n) is 23.2. The Kier molecular flexibility index (Phi) is 23.8. The van der Waals surface area contributed by atoms with Gasteiger partial charge in [-0.25, -0.2) is 4.70 Å². The van der Waals surface area contributed by atoms with Crippen LogP contribution in [-0.2, 0) is 0 Å². The molecule has 0 bridgehead atoms. The number of hydrogen-bond donors (Lipinski definition) is 0. The van der Waals surface area contributed by atoms with Crippen molar-refractivity contribution in [1.29, 1.82) is 0 Å². The van der Waals surface area contributed by atoms with E-state index in [4.69, 9.17) is 0 Å². The van der Waals surface area contributed by atoms with Crippen molar-refractivity contribution in [1.82, 2.24) is 0 Å². The van der Waals surface area contributed by atoms with Crippen LogP contribution in [0.2, 0.25) is 0 Å². The second-order valence-electron chi connectivity index (χ2n) is 16.4. The number of benzene rings is 2. The van der Waals surface area contributed by atoms with E-state index in [1.807, 2.05) is 48.5 Å². The molecule has 4 heteroatoms. The Morgan fingerprint density at radius 3 is 1.02 bits per heavy atom. The highest BCUT2D eigenvalue weighted by atomic mass is 16.1. The van der Waals surface area contributed by atoms with Gasteiger partial charge in [0.15, 0.2) is 11.6 Å². The Labute approximate surface area is 337 Å². The maximum absolute atomic E-state index is 13.2. The zero-order valence-electron chi connectivity index (χ0n) is 35.8. The smallest absolute Gasteiger partial charge is 0.211 e. The molecule has 0 atom stereocenters. The van der Waals surface area contributed by atoms with Gasteiger partial charge < -0.3 is 5.53 Å². The van der Waals surface area contributed by atoms with Gasteiger partial charge in [-0.1, -0.05) is 187 Å². The minimum Gasteiger partial charge on any atom is -0.493 e. The Bertz CT molecular complexity index is 1460. The summed E-state index contributed by atoms with van der Waals surface area (Å²) < 4.78 is 1.43. The standard InChI is InChI=1S/C51H78N2O2/c1-5-9-13-16-18-20-22-24-28-32-48(54)42-34-38-44(39-35-42)50-46(30-26-12-8-4)47(31-27-15-11-7-3)51(53(50)52)45-40-36-43(37-41-45)49(55)33-29-25-23-21-19-17-14-10-6-2/h34-41H,5-33H2,1-4H3. The van der Waals surface area contributed by atoms with E-state index in [2.05, 4.69) is 27.7 Å². The van der Waals surface area contributed by atoms with Gasteiger partial charge >= 0.3 is 0 Å². The van der Waals surface area contributed by atoms with Gasteiger partial charge in [-0.2, -0.15) is 0 Å². The Hall–Kier alpha value is -3.14. The van der Waals surface area contributed by atoms with Crippen LogP contribution in [0.15, 0.2) is 59.7 Å². The third-order valence-electron chi connectivity index (χ3n) is 11.6. The van der Waals surface area contributed by atoms with Crippen LogP contribution in [0.5, 0.6) is 0 Å². The first kappa shape index (κ1) is 46.2. The normalized spacial score (nSPS) is 13.1. The number of ketones is 2. The first-order valence-corrected chi connectivity index (χ1v) is 23.2. The van der Waals surface area contributed by atoms with Gasteiger partial charge in [-0.3, -0.25) is 9.59 Å². The lowest BCUT2D eigenvalue weighted by Crippen LogP contribution is -2.04. The highest BCUT2D eigenvalue weighted by molar-refractivity contribution is 5.97. The molecule has 2 aromatic rings. The third kappa shape index (κ3) is 16.5. The predicted molar refractivity (Wildman–Crippen MR) is 236 cm³/mol. The zero-order chi connectivity index (χ0) is 39.5. The monoisotopic (exact) mass is 751 g/mol. The van der Waals surface area contributed by atoms with Crippen molar-refractivity contribution in [2.75, 3.05) is 0 Å². The second kappa shape index (κ2) is 28.3. The molecule has 3 rings (SSSR count). The molecule has 0 aliphatic carbocycles. The fourth-order valence-corrected chi connectivity index (χ4v) is 8.17. The fraction of sp³-hybridized carbons (Fsp3) is 0.647.